The fourth-order valence-corrected chi connectivity index (χ4v) is 4.79. The summed E-state index contributed by atoms with van der Waals surface area (Å²) in [4.78, 5) is 12.4. The van der Waals surface area contributed by atoms with Crippen LogP contribution in [0.1, 0.15) is 11.1 Å². The first-order valence-corrected chi connectivity index (χ1v) is 10.8. The number of para-hydroxylation sites is 1. The Balaban J connectivity index is 1.49. The summed E-state index contributed by atoms with van der Waals surface area (Å²) in [6, 6.07) is 14.3. The molecule has 0 bridgehead atoms. The van der Waals surface area contributed by atoms with Gasteiger partial charge in [0.2, 0.25) is 5.91 Å². The van der Waals surface area contributed by atoms with Gasteiger partial charge in [0.05, 0.1) is 5.75 Å². The molecule has 28 heavy (non-hydrogen) atoms. The Morgan fingerprint density at radius 2 is 1.86 bits per heavy atom. The zero-order chi connectivity index (χ0) is 19.7. The Labute approximate surface area is 171 Å². The van der Waals surface area contributed by atoms with Crippen molar-refractivity contribution < 1.29 is 4.79 Å². The van der Waals surface area contributed by atoms with E-state index in [1.54, 1.807) is 11.3 Å². The largest absolute Gasteiger partial charge is 0.325 e. The number of nitrogens with zero attached hydrogens (tertiary/aromatic N) is 3. The molecule has 2 aromatic heterocycles. The third-order valence-electron chi connectivity index (χ3n) is 4.63. The minimum Gasteiger partial charge on any atom is -0.325 e. The van der Waals surface area contributed by atoms with E-state index in [4.69, 9.17) is 0 Å². The number of carbonyl (C=O) groups excluding carboxylic acids is 1. The molecule has 0 radical (unpaired) electrons. The first-order valence-electron chi connectivity index (χ1n) is 8.89. The van der Waals surface area contributed by atoms with Gasteiger partial charge in [0.25, 0.3) is 0 Å². The van der Waals surface area contributed by atoms with E-state index >= 15 is 0 Å². The molecule has 2 heterocycles. The number of aromatic nitrogens is 3. The van der Waals surface area contributed by atoms with E-state index in [1.165, 1.54) is 21.8 Å². The molecule has 5 nitrogen and oxygen atoms in total. The van der Waals surface area contributed by atoms with Gasteiger partial charge < -0.3 is 9.88 Å². The Morgan fingerprint density at radius 3 is 2.64 bits per heavy atom. The van der Waals surface area contributed by atoms with Crippen molar-refractivity contribution in [1.82, 2.24) is 14.8 Å². The van der Waals surface area contributed by atoms with E-state index in [9.17, 15) is 4.79 Å². The molecule has 0 aliphatic heterocycles. The van der Waals surface area contributed by atoms with Crippen LogP contribution in [0.3, 0.4) is 0 Å². The minimum atomic E-state index is -0.0482. The normalized spacial score (nSPS) is 11.1. The Hall–Kier alpha value is -2.64. The predicted octanol–water partition coefficient (Wildman–Crippen LogP) is 5.04. The van der Waals surface area contributed by atoms with E-state index in [-0.39, 0.29) is 11.7 Å². The molecular formula is C21H20N4OS2. The maximum atomic E-state index is 12.4. The quantitative estimate of drug-likeness (QED) is 0.470. The van der Waals surface area contributed by atoms with E-state index in [1.807, 2.05) is 55.8 Å². The van der Waals surface area contributed by atoms with Gasteiger partial charge in [0.15, 0.2) is 11.0 Å². The first kappa shape index (κ1) is 18.7. The lowest BCUT2D eigenvalue weighted by atomic mass is 10.1. The van der Waals surface area contributed by atoms with Gasteiger partial charge in [-0.15, -0.1) is 21.5 Å². The number of aryl methyl sites for hydroxylation is 2. The monoisotopic (exact) mass is 408 g/mol. The summed E-state index contributed by atoms with van der Waals surface area (Å²) in [7, 11) is 1.94. The molecule has 2 aromatic carbocycles. The number of amides is 1. The maximum absolute atomic E-state index is 12.4. The summed E-state index contributed by atoms with van der Waals surface area (Å²) in [5.41, 5.74) is 4.08. The molecule has 0 atom stereocenters. The summed E-state index contributed by atoms with van der Waals surface area (Å²) in [6.07, 6.45) is 0. The van der Waals surface area contributed by atoms with Crippen LogP contribution in [0, 0.1) is 13.8 Å². The molecule has 4 aromatic rings. The molecule has 0 aliphatic rings. The number of thiophene rings is 1. The number of thioether (sulfide) groups is 1. The van der Waals surface area contributed by atoms with Gasteiger partial charge in [0.1, 0.15) is 0 Å². The molecule has 0 saturated carbocycles. The summed E-state index contributed by atoms with van der Waals surface area (Å²) in [6.45, 7) is 3.99. The maximum Gasteiger partial charge on any atom is 0.234 e. The number of anilines is 1. The van der Waals surface area contributed by atoms with Crippen molar-refractivity contribution in [2.75, 3.05) is 11.1 Å². The molecule has 0 saturated heterocycles. The van der Waals surface area contributed by atoms with Crippen LogP contribution >= 0.6 is 23.1 Å². The number of fused-ring (bicyclic) bond motifs is 1. The number of nitrogens with one attached hydrogen (secondary N) is 1. The molecule has 1 amide bonds. The molecule has 7 heteroatoms. The zero-order valence-corrected chi connectivity index (χ0v) is 17.5. The zero-order valence-electron chi connectivity index (χ0n) is 15.9. The van der Waals surface area contributed by atoms with Crippen molar-refractivity contribution in [3.05, 3.63) is 59.0 Å². The summed E-state index contributed by atoms with van der Waals surface area (Å²) < 4.78 is 3.17. The number of hydrogen-bond donors (Lipinski definition) is 1. The molecule has 0 spiro atoms. The first-order chi connectivity index (χ1) is 13.5. The highest BCUT2D eigenvalue weighted by atomic mass is 32.2. The molecule has 0 unspecified atom stereocenters. The lowest BCUT2D eigenvalue weighted by Crippen LogP contribution is -2.16. The topological polar surface area (TPSA) is 59.8 Å². The van der Waals surface area contributed by atoms with Crippen LogP contribution in [0.15, 0.2) is 53.0 Å². The van der Waals surface area contributed by atoms with E-state index in [0.717, 1.165) is 33.4 Å². The van der Waals surface area contributed by atoms with Gasteiger partial charge in [0, 0.05) is 33.8 Å². The highest BCUT2D eigenvalue weighted by Gasteiger charge is 2.16. The third kappa shape index (κ3) is 3.55. The third-order valence-corrected chi connectivity index (χ3v) is 6.62. The molecule has 0 aliphatic carbocycles. The predicted molar refractivity (Wildman–Crippen MR) is 117 cm³/mol. The Bertz CT molecular complexity index is 1140. The molecular weight excluding hydrogens is 388 g/mol. The Morgan fingerprint density at radius 1 is 1.11 bits per heavy atom. The van der Waals surface area contributed by atoms with Gasteiger partial charge in [-0.25, -0.2) is 0 Å². The number of benzene rings is 2. The average molecular weight is 409 g/mol. The van der Waals surface area contributed by atoms with Crippen LogP contribution in [0.5, 0.6) is 0 Å². The SMILES string of the molecule is Cc1cccc(C)c1NC(=O)CSc1nnc(-c2csc3ccccc23)n1C. The number of rotatable bonds is 5. The fourth-order valence-electron chi connectivity index (χ4n) is 3.14. The van der Waals surface area contributed by atoms with Crippen molar-refractivity contribution in [3.63, 3.8) is 0 Å². The van der Waals surface area contributed by atoms with Crippen LogP contribution in [0.2, 0.25) is 0 Å². The lowest BCUT2D eigenvalue weighted by Gasteiger charge is -2.11. The van der Waals surface area contributed by atoms with Gasteiger partial charge in [-0.1, -0.05) is 48.2 Å². The highest BCUT2D eigenvalue weighted by Crippen LogP contribution is 2.33. The van der Waals surface area contributed by atoms with E-state index < -0.39 is 0 Å². The standard InChI is InChI=1S/C21H20N4OS2/c1-13-7-6-8-14(2)19(13)22-18(26)12-28-21-24-23-20(25(21)3)16-11-27-17-10-5-4-9-15(16)17/h4-11H,12H2,1-3H3,(H,22,26). The van der Waals surface area contributed by atoms with Crippen LogP contribution in [-0.2, 0) is 11.8 Å². The number of hydrogen-bond acceptors (Lipinski definition) is 5. The average Bonchev–Trinajstić information content (AvgIpc) is 3.26. The highest BCUT2D eigenvalue weighted by molar-refractivity contribution is 7.99. The van der Waals surface area contributed by atoms with Crippen LogP contribution in [0.4, 0.5) is 5.69 Å². The van der Waals surface area contributed by atoms with Gasteiger partial charge >= 0.3 is 0 Å². The molecule has 1 N–H and O–H groups in total. The lowest BCUT2D eigenvalue weighted by molar-refractivity contribution is -0.113. The van der Waals surface area contributed by atoms with Crippen LogP contribution in [-0.4, -0.2) is 26.4 Å². The Kier molecular flexibility index (Phi) is 5.19. The minimum absolute atomic E-state index is 0.0482. The second-order valence-corrected chi connectivity index (χ2v) is 8.47. The van der Waals surface area contributed by atoms with Crippen LogP contribution < -0.4 is 5.32 Å². The number of carbonyl (C=O) groups is 1. The van der Waals surface area contributed by atoms with E-state index in [2.05, 4.69) is 33.0 Å². The van der Waals surface area contributed by atoms with Crippen molar-refractivity contribution in [1.29, 1.82) is 0 Å². The van der Waals surface area contributed by atoms with Crippen molar-refractivity contribution >= 4 is 44.8 Å². The van der Waals surface area contributed by atoms with Crippen molar-refractivity contribution in [3.8, 4) is 11.4 Å². The summed E-state index contributed by atoms with van der Waals surface area (Å²) in [5.74, 6) is 1.05. The fraction of sp³-hybridized carbons (Fsp3) is 0.190. The molecule has 4 rings (SSSR count). The van der Waals surface area contributed by atoms with Crippen LogP contribution in [0.25, 0.3) is 21.5 Å². The second-order valence-electron chi connectivity index (χ2n) is 6.61. The van der Waals surface area contributed by atoms with Gasteiger partial charge in [-0.05, 0) is 31.0 Å². The van der Waals surface area contributed by atoms with Gasteiger partial charge in [-0.3, -0.25) is 4.79 Å². The summed E-state index contributed by atoms with van der Waals surface area (Å²) >= 11 is 3.09. The summed E-state index contributed by atoms with van der Waals surface area (Å²) in [5, 5.41) is 15.7. The van der Waals surface area contributed by atoms with Gasteiger partial charge in [-0.2, -0.15) is 0 Å². The second kappa shape index (κ2) is 7.77. The van der Waals surface area contributed by atoms with Crippen molar-refractivity contribution in [2.45, 2.75) is 19.0 Å². The molecule has 0 fully saturated rings. The smallest absolute Gasteiger partial charge is 0.234 e. The van der Waals surface area contributed by atoms with E-state index in [0.29, 0.717) is 0 Å². The van der Waals surface area contributed by atoms with Crippen molar-refractivity contribution in [2.24, 2.45) is 7.05 Å². The molecule has 142 valence electrons.